The maximum Gasteiger partial charge on any atom is 0.158 e. The van der Waals surface area contributed by atoms with Crippen LogP contribution in [0, 0.1) is 6.20 Å². The van der Waals surface area contributed by atoms with Gasteiger partial charge in [0.1, 0.15) is 12.5 Å². The Labute approximate surface area is 40.5 Å². The molecule has 0 aromatic heterocycles. The third kappa shape index (κ3) is 0.518. The number of hydrogen-bond acceptors (Lipinski definition) is 1. The first-order valence-electron chi connectivity index (χ1n) is 1.40. The van der Waals surface area contributed by atoms with E-state index in [1.54, 1.807) is 0 Å². The highest BCUT2D eigenvalue weighted by molar-refractivity contribution is 6.29. The smallest absolute Gasteiger partial charge is 0.158 e. The maximum atomic E-state index is 5.23. The van der Waals surface area contributed by atoms with Crippen LogP contribution in [-0.2, 0) is 0 Å². The monoisotopic (exact) mass is 100.0 g/mol. The molecule has 0 spiro atoms. The summed E-state index contributed by atoms with van der Waals surface area (Å²) in [7, 11) is 0. The summed E-state index contributed by atoms with van der Waals surface area (Å²) >= 11 is 5.23. The van der Waals surface area contributed by atoms with E-state index >= 15 is 0 Å². The van der Waals surface area contributed by atoms with Crippen LogP contribution in [-0.4, -0.2) is 6.34 Å². The number of nitrogens with zero attached hydrogens (tertiary/aromatic N) is 2. The second-order valence-corrected chi connectivity index (χ2v) is 1.13. The topological polar surface area (TPSA) is 26.5 Å². The van der Waals surface area contributed by atoms with Crippen LogP contribution in [0.3, 0.4) is 0 Å². The average molecular weight is 101 g/mol. The Bertz CT molecular complexity index is 103. The lowest BCUT2D eigenvalue weighted by Gasteiger charge is -1.64. The third-order valence-corrected chi connectivity index (χ3v) is 0.568. The molecule has 0 N–H and O–H groups in total. The van der Waals surface area contributed by atoms with E-state index in [2.05, 4.69) is 16.5 Å². The van der Waals surface area contributed by atoms with E-state index in [1.807, 2.05) is 0 Å². The number of halogens is 1. The fourth-order valence-corrected chi connectivity index (χ4v) is 0.283. The molecule has 6 heavy (non-hydrogen) atoms. The van der Waals surface area contributed by atoms with Crippen molar-refractivity contribution < 1.29 is 0 Å². The molecule has 0 amide bonds. The minimum atomic E-state index is 0.329. The van der Waals surface area contributed by atoms with Gasteiger partial charge in [-0.05, 0) is 0 Å². The zero-order chi connectivity index (χ0) is 4.41. The van der Waals surface area contributed by atoms with Crippen molar-refractivity contribution in [1.82, 2.24) is 5.32 Å². The van der Waals surface area contributed by atoms with Crippen molar-refractivity contribution in [2.75, 3.05) is 0 Å². The molecule has 1 aliphatic rings. The summed E-state index contributed by atoms with van der Waals surface area (Å²) in [6, 6.07) is 0. The molecule has 0 aromatic carbocycles. The van der Waals surface area contributed by atoms with Gasteiger partial charge < -0.3 is 0 Å². The van der Waals surface area contributed by atoms with Crippen LogP contribution in [0.15, 0.2) is 10.1 Å². The van der Waals surface area contributed by atoms with Crippen LogP contribution in [0.5, 0.6) is 0 Å². The summed E-state index contributed by atoms with van der Waals surface area (Å²) in [5, 5.41) is 3.78. The summed E-state index contributed by atoms with van der Waals surface area (Å²) < 4.78 is 0. The molecule has 0 atom stereocenters. The summed E-state index contributed by atoms with van der Waals surface area (Å²) in [6.07, 6.45) is 3.75. The Morgan fingerprint density at radius 3 is 2.83 bits per heavy atom. The molecule has 3 heteroatoms. The molecule has 0 unspecified atom stereocenters. The van der Waals surface area contributed by atoms with Gasteiger partial charge in [-0.25, -0.2) is 10.3 Å². The Morgan fingerprint density at radius 1 is 1.83 bits per heavy atom. The van der Waals surface area contributed by atoms with Gasteiger partial charge in [-0.3, -0.25) is 0 Å². The van der Waals surface area contributed by atoms with Crippen LogP contribution in [0.25, 0.3) is 0 Å². The molecule has 0 fully saturated rings. The van der Waals surface area contributed by atoms with Gasteiger partial charge in [-0.2, -0.15) is 0 Å². The quantitative estimate of drug-likeness (QED) is 0.396. The van der Waals surface area contributed by atoms with Gasteiger partial charge in [-0.15, -0.1) is 0 Å². The second-order valence-electron chi connectivity index (χ2n) is 0.776. The van der Waals surface area contributed by atoms with Gasteiger partial charge in [0.2, 0.25) is 0 Å². The molecule has 0 bridgehead atoms. The van der Waals surface area contributed by atoms with Crippen molar-refractivity contribution >= 4 is 17.9 Å². The van der Waals surface area contributed by atoms with Gasteiger partial charge in [-0.1, -0.05) is 11.6 Å². The first-order valence-corrected chi connectivity index (χ1v) is 1.78. The van der Waals surface area contributed by atoms with Gasteiger partial charge in [0.05, 0.1) is 0 Å². The summed E-state index contributed by atoms with van der Waals surface area (Å²) in [6.45, 7) is 0. The van der Waals surface area contributed by atoms with Gasteiger partial charge in [0.15, 0.2) is 5.16 Å². The SMILES string of the molecule is ClC1=[C][N]C=N1. The second kappa shape index (κ2) is 1.30. The predicted molar refractivity (Wildman–Crippen MR) is 23.2 cm³/mol. The Hall–Kier alpha value is -0.500. The first kappa shape index (κ1) is 3.68. The average Bonchev–Trinajstić information content (AvgIpc) is 1.86. The Kier molecular flexibility index (Phi) is 0.801. The lowest BCUT2D eigenvalue weighted by Crippen LogP contribution is -1.81. The minimum Gasteiger partial charge on any atom is -0.231 e. The van der Waals surface area contributed by atoms with E-state index in [1.165, 1.54) is 6.34 Å². The lowest BCUT2D eigenvalue weighted by molar-refractivity contribution is 1.28. The lowest BCUT2D eigenvalue weighted by atomic mass is 10.9. The number of rotatable bonds is 0. The molecule has 30 valence electrons. The molecule has 2 nitrogen and oxygen atoms in total. The predicted octanol–water partition coefficient (Wildman–Crippen LogP) is 0.474. The summed E-state index contributed by atoms with van der Waals surface area (Å²) in [5.74, 6) is 0. The normalized spacial score (nSPS) is 17.2. The zero-order valence-electron chi connectivity index (χ0n) is 2.85. The summed E-state index contributed by atoms with van der Waals surface area (Å²) in [5.41, 5.74) is 0. The van der Waals surface area contributed by atoms with E-state index in [0.717, 1.165) is 0 Å². The Balaban J connectivity index is 2.68. The van der Waals surface area contributed by atoms with E-state index in [4.69, 9.17) is 11.6 Å². The highest BCUT2D eigenvalue weighted by Crippen LogP contribution is 2.01. The van der Waals surface area contributed by atoms with Gasteiger partial charge in [0.25, 0.3) is 0 Å². The van der Waals surface area contributed by atoms with Crippen LogP contribution in [0.1, 0.15) is 0 Å². The van der Waals surface area contributed by atoms with Crippen LogP contribution < -0.4 is 5.32 Å². The molecule has 0 aromatic rings. The van der Waals surface area contributed by atoms with E-state index in [-0.39, 0.29) is 0 Å². The van der Waals surface area contributed by atoms with Crippen molar-refractivity contribution in [3.8, 4) is 0 Å². The van der Waals surface area contributed by atoms with Crippen LogP contribution in [0.4, 0.5) is 0 Å². The van der Waals surface area contributed by atoms with Crippen molar-refractivity contribution in [2.24, 2.45) is 4.99 Å². The fraction of sp³-hybridized carbons (Fsp3) is 0. The summed E-state index contributed by atoms with van der Waals surface area (Å²) in [4.78, 5) is 3.52. The highest BCUT2D eigenvalue weighted by atomic mass is 35.5. The third-order valence-electron chi connectivity index (χ3n) is 0.386. The molecule has 1 rings (SSSR count). The molecule has 2 radical (unpaired) electrons. The van der Waals surface area contributed by atoms with E-state index in [9.17, 15) is 0 Å². The maximum absolute atomic E-state index is 5.23. The number of hydrogen-bond donors (Lipinski definition) is 0. The highest BCUT2D eigenvalue weighted by Gasteiger charge is 1.90. The van der Waals surface area contributed by atoms with Crippen molar-refractivity contribution in [3.63, 3.8) is 0 Å². The van der Waals surface area contributed by atoms with Gasteiger partial charge >= 0.3 is 0 Å². The number of aliphatic imine (C=N–C) groups is 1. The molecule has 0 aliphatic carbocycles. The van der Waals surface area contributed by atoms with Crippen LogP contribution >= 0.6 is 11.6 Å². The molecule has 1 heterocycles. The fourth-order valence-electron chi connectivity index (χ4n) is 0.191. The van der Waals surface area contributed by atoms with Gasteiger partial charge in [0, 0.05) is 0 Å². The molecule has 1 aliphatic heterocycles. The van der Waals surface area contributed by atoms with Crippen molar-refractivity contribution in [3.05, 3.63) is 11.4 Å². The minimum absolute atomic E-state index is 0.329. The van der Waals surface area contributed by atoms with E-state index < -0.39 is 0 Å². The van der Waals surface area contributed by atoms with Crippen LogP contribution in [0.2, 0.25) is 0 Å². The molecular formula is C3HClN2. The first-order chi connectivity index (χ1) is 2.89. The largest absolute Gasteiger partial charge is 0.231 e. The molecule has 0 saturated carbocycles. The standard InChI is InChI=1S/C3HClN2/c4-3-1-5-2-6-3/h2H. The van der Waals surface area contributed by atoms with Crippen molar-refractivity contribution in [1.29, 1.82) is 0 Å². The molecular weight excluding hydrogens is 99.5 g/mol. The Morgan fingerprint density at radius 2 is 2.67 bits per heavy atom. The van der Waals surface area contributed by atoms with E-state index in [0.29, 0.717) is 5.16 Å². The zero-order valence-corrected chi connectivity index (χ0v) is 3.61. The molecule has 0 saturated heterocycles. The van der Waals surface area contributed by atoms with Crippen molar-refractivity contribution in [2.45, 2.75) is 0 Å².